The highest BCUT2D eigenvalue weighted by Gasteiger charge is 2.32. The number of hydrogen-bond acceptors (Lipinski definition) is 5. The van der Waals surface area contributed by atoms with Gasteiger partial charge in [0.2, 0.25) is 0 Å². The summed E-state index contributed by atoms with van der Waals surface area (Å²) in [4.78, 5) is 1.75. The van der Waals surface area contributed by atoms with Gasteiger partial charge in [0.05, 0.1) is 30.8 Å². The number of rotatable bonds is 4. The number of likely N-dealkylation sites (N-methyl/N-ethyl adjacent to an activating group) is 1. The van der Waals surface area contributed by atoms with Crippen LogP contribution in [0.1, 0.15) is 6.42 Å². The van der Waals surface area contributed by atoms with Crippen LogP contribution in [-0.2, 0) is 9.84 Å². The van der Waals surface area contributed by atoms with Crippen LogP contribution in [0.15, 0.2) is 0 Å². The Morgan fingerprint density at radius 3 is 2.36 bits per heavy atom. The molecular formula is C8H17NO4S. The zero-order valence-corrected chi connectivity index (χ0v) is 9.07. The average molecular weight is 223 g/mol. The van der Waals surface area contributed by atoms with Crippen LogP contribution in [0.2, 0.25) is 0 Å². The second-order valence-corrected chi connectivity index (χ2v) is 5.97. The summed E-state index contributed by atoms with van der Waals surface area (Å²) < 4.78 is 22.4. The highest BCUT2D eigenvalue weighted by molar-refractivity contribution is 7.91. The molecule has 1 unspecified atom stereocenters. The molecule has 0 aromatic carbocycles. The maximum atomic E-state index is 11.2. The van der Waals surface area contributed by atoms with Crippen LogP contribution >= 0.6 is 0 Å². The Balaban J connectivity index is 2.58. The standard InChI is InChI=1S/C8H17NO4S/c1-9(8(4-10)5-11)7-2-3-14(12,13)6-7/h7-8,10-11H,2-6H2,1H3. The molecule has 1 fully saturated rings. The molecule has 0 aromatic heterocycles. The van der Waals surface area contributed by atoms with Gasteiger partial charge in [-0.25, -0.2) is 8.42 Å². The van der Waals surface area contributed by atoms with Crippen LogP contribution in [-0.4, -0.2) is 67.4 Å². The van der Waals surface area contributed by atoms with Crippen LogP contribution in [0.25, 0.3) is 0 Å². The Bertz CT molecular complexity index is 273. The summed E-state index contributed by atoms with van der Waals surface area (Å²) in [5.74, 6) is 0.353. The topological polar surface area (TPSA) is 77.8 Å². The highest BCUT2D eigenvalue weighted by atomic mass is 32.2. The third-order valence-electron chi connectivity index (χ3n) is 2.78. The van der Waals surface area contributed by atoms with Crippen molar-refractivity contribution in [2.75, 3.05) is 31.8 Å². The normalized spacial score (nSPS) is 26.2. The smallest absolute Gasteiger partial charge is 0.151 e. The summed E-state index contributed by atoms with van der Waals surface area (Å²) in [6.07, 6.45) is 0.593. The molecule has 14 heavy (non-hydrogen) atoms. The van der Waals surface area contributed by atoms with Gasteiger partial charge < -0.3 is 10.2 Å². The maximum Gasteiger partial charge on any atom is 0.151 e. The molecule has 0 amide bonds. The lowest BCUT2D eigenvalue weighted by molar-refractivity contribution is 0.0702. The fourth-order valence-corrected chi connectivity index (χ4v) is 3.50. The van der Waals surface area contributed by atoms with Gasteiger partial charge in [0, 0.05) is 6.04 Å². The summed E-state index contributed by atoms with van der Waals surface area (Å²) in [5, 5.41) is 17.9. The molecule has 1 aliphatic heterocycles. The Labute approximate surface area is 84.3 Å². The van der Waals surface area contributed by atoms with Crippen molar-refractivity contribution < 1.29 is 18.6 Å². The zero-order chi connectivity index (χ0) is 10.8. The summed E-state index contributed by atoms with van der Waals surface area (Å²) in [6.45, 7) is -0.299. The number of nitrogens with zero attached hydrogens (tertiary/aromatic N) is 1. The Morgan fingerprint density at radius 2 is 2.00 bits per heavy atom. The molecule has 1 atom stereocenters. The van der Waals surface area contributed by atoms with E-state index < -0.39 is 9.84 Å². The van der Waals surface area contributed by atoms with E-state index in [0.717, 1.165) is 0 Å². The van der Waals surface area contributed by atoms with Crippen molar-refractivity contribution in [1.82, 2.24) is 4.90 Å². The van der Waals surface area contributed by atoms with E-state index in [2.05, 4.69) is 0 Å². The minimum absolute atomic E-state index is 0.0655. The highest BCUT2D eigenvalue weighted by Crippen LogP contribution is 2.18. The summed E-state index contributed by atoms with van der Waals surface area (Å²) in [6, 6.07) is -0.419. The van der Waals surface area contributed by atoms with Gasteiger partial charge in [-0.3, -0.25) is 4.90 Å². The van der Waals surface area contributed by atoms with Crippen molar-refractivity contribution in [1.29, 1.82) is 0 Å². The van der Waals surface area contributed by atoms with Gasteiger partial charge in [0.25, 0.3) is 0 Å². The first-order valence-corrected chi connectivity index (χ1v) is 6.46. The molecule has 6 heteroatoms. The number of aliphatic hydroxyl groups is 2. The molecule has 1 aliphatic rings. The van der Waals surface area contributed by atoms with Crippen molar-refractivity contribution in [3.63, 3.8) is 0 Å². The quantitative estimate of drug-likeness (QED) is 0.604. The molecule has 0 saturated carbocycles. The lowest BCUT2D eigenvalue weighted by Crippen LogP contribution is -2.45. The molecule has 0 aliphatic carbocycles. The molecule has 5 nitrogen and oxygen atoms in total. The van der Waals surface area contributed by atoms with Gasteiger partial charge in [-0.15, -0.1) is 0 Å². The third kappa shape index (κ3) is 2.66. The summed E-state index contributed by atoms with van der Waals surface area (Å²) >= 11 is 0. The second kappa shape index (κ2) is 4.57. The van der Waals surface area contributed by atoms with Crippen LogP contribution in [0, 0.1) is 0 Å². The number of sulfone groups is 1. The minimum atomic E-state index is -2.90. The molecule has 2 N–H and O–H groups in total. The Hall–Kier alpha value is -0.170. The summed E-state index contributed by atoms with van der Waals surface area (Å²) in [7, 11) is -1.16. The van der Waals surface area contributed by atoms with Crippen molar-refractivity contribution in [2.24, 2.45) is 0 Å². The average Bonchev–Trinajstić information content (AvgIpc) is 2.48. The molecular weight excluding hydrogens is 206 g/mol. The first-order valence-electron chi connectivity index (χ1n) is 4.64. The fraction of sp³-hybridized carbons (Fsp3) is 1.00. The lowest BCUT2D eigenvalue weighted by atomic mass is 10.2. The van der Waals surface area contributed by atoms with Gasteiger partial charge in [0.15, 0.2) is 9.84 Å². The maximum absolute atomic E-state index is 11.2. The van der Waals surface area contributed by atoms with E-state index in [1.54, 1.807) is 11.9 Å². The Kier molecular flexibility index (Phi) is 3.88. The molecule has 0 radical (unpaired) electrons. The van der Waals surface area contributed by atoms with E-state index in [-0.39, 0.29) is 36.8 Å². The molecule has 1 rings (SSSR count). The van der Waals surface area contributed by atoms with E-state index in [4.69, 9.17) is 10.2 Å². The zero-order valence-electron chi connectivity index (χ0n) is 8.26. The molecule has 84 valence electrons. The molecule has 1 saturated heterocycles. The molecule has 0 spiro atoms. The lowest BCUT2D eigenvalue weighted by Gasteiger charge is -2.29. The van der Waals surface area contributed by atoms with Crippen molar-refractivity contribution in [3.05, 3.63) is 0 Å². The van der Waals surface area contributed by atoms with E-state index >= 15 is 0 Å². The van der Waals surface area contributed by atoms with Crippen molar-refractivity contribution in [3.8, 4) is 0 Å². The SMILES string of the molecule is CN(C(CO)CO)C1CCS(=O)(=O)C1. The van der Waals surface area contributed by atoms with Gasteiger partial charge in [-0.05, 0) is 13.5 Å². The monoisotopic (exact) mass is 223 g/mol. The van der Waals surface area contributed by atoms with Crippen LogP contribution in [0.4, 0.5) is 0 Å². The fourth-order valence-electron chi connectivity index (χ4n) is 1.71. The molecule has 0 bridgehead atoms. The van der Waals surface area contributed by atoms with E-state index in [9.17, 15) is 8.42 Å². The van der Waals surface area contributed by atoms with E-state index in [1.165, 1.54) is 0 Å². The predicted octanol–water partition coefficient (Wildman–Crippen LogP) is -1.54. The van der Waals surface area contributed by atoms with Gasteiger partial charge in [0.1, 0.15) is 0 Å². The van der Waals surface area contributed by atoms with E-state index in [0.29, 0.717) is 6.42 Å². The Morgan fingerprint density at radius 1 is 1.43 bits per heavy atom. The largest absolute Gasteiger partial charge is 0.395 e. The third-order valence-corrected chi connectivity index (χ3v) is 4.53. The first-order chi connectivity index (χ1) is 6.50. The molecule has 0 aromatic rings. The number of aliphatic hydroxyl groups excluding tert-OH is 2. The molecule has 1 heterocycles. The van der Waals surface area contributed by atoms with Crippen LogP contribution < -0.4 is 0 Å². The second-order valence-electron chi connectivity index (χ2n) is 3.74. The number of hydrogen-bond donors (Lipinski definition) is 2. The summed E-state index contributed by atoms with van der Waals surface area (Å²) in [5.41, 5.74) is 0. The van der Waals surface area contributed by atoms with Crippen LogP contribution in [0.3, 0.4) is 0 Å². The van der Waals surface area contributed by atoms with Crippen molar-refractivity contribution >= 4 is 9.84 Å². The van der Waals surface area contributed by atoms with Crippen molar-refractivity contribution in [2.45, 2.75) is 18.5 Å². The predicted molar refractivity (Wildman–Crippen MR) is 52.8 cm³/mol. The van der Waals surface area contributed by atoms with Crippen LogP contribution in [0.5, 0.6) is 0 Å². The van der Waals surface area contributed by atoms with Gasteiger partial charge in [-0.1, -0.05) is 0 Å². The first kappa shape index (κ1) is 11.9. The van der Waals surface area contributed by atoms with E-state index in [1.807, 2.05) is 0 Å². The minimum Gasteiger partial charge on any atom is -0.395 e. The van der Waals surface area contributed by atoms with Gasteiger partial charge >= 0.3 is 0 Å². The van der Waals surface area contributed by atoms with Gasteiger partial charge in [-0.2, -0.15) is 0 Å².